The van der Waals surface area contributed by atoms with Crippen LogP contribution in [0, 0.1) is 11.3 Å². The number of methoxy groups -OCH3 is 1. The molecule has 1 aromatic heterocycles. The molecule has 4 aromatic rings. The predicted octanol–water partition coefficient (Wildman–Crippen LogP) is 4.62. The first-order valence-corrected chi connectivity index (χ1v) is 10.8. The minimum atomic E-state index is -0.616. The number of benzene rings is 3. The van der Waals surface area contributed by atoms with Crippen molar-refractivity contribution in [3.63, 3.8) is 0 Å². The molecule has 0 spiro atoms. The molecule has 1 fully saturated rings. The first-order valence-electron chi connectivity index (χ1n) is 10.8. The van der Waals surface area contributed by atoms with Crippen LogP contribution < -0.4 is 9.47 Å². The quantitative estimate of drug-likeness (QED) is 0.428. The number of amides is 1. The molecule has 2 atom stereocenters. The maximum atomic E-state index is 13.1. The van der Waals surface area contributed by atoms with E-state index in [1.165, 1.54) is 10.9 Å². The number of β-lactam (4-membered cyclic amide) rings is 1. The molecule has 1 N–H and O–H groups in total. The van der Waals surface area contributed by atoms with Crippen molar-refractivity contribution in [1.82, 2.24) is 9.88 Å². The molecule has 6 heteroatoms. The summed E-state index contributed by atoms with van der Waals surface area (Å²) in [7, 11) is 1.61. The molecule has 0 saturated carbocycles. The van der Waals surface area contributed by atoms with Gasteiger partial charge < -0.3 is 19.4 Å². The van der Waals surface area contributed by atoms with E-state index in [9.17, 15) is 4.79 Å². The number of hydrogen-bond acceptors (Lipinski definition) is 4. The maximum absolute atomic E-state index is 13.1. The smallest absolute Gasteiger partial charge is 0.266 e. The Labute approximate surface area is 192 Å². The summed E-state index contributed by atoms with van der Waals surface area (Å²) in [5.41, 5.74) is 3.80. The highest BCUT2D eigenvalue weighted by molar-refractivity contribution is 5.89. The van der Waals surface area contributed by atoms with Crippen LogP contribution in [0.25, 0.3) is 10.9 Å². The molecule has 0 aliphatic carbocycles. The molecule has 0 radical (unpaired) electrons. The average molecular weight is 437 g/mol. The highest BCUT2D eigenvalue weighted by Gasteiger charge is 2.49. The van der Waals surface area contributed by atoms with Crippen molar-refractivity contribution in [1.29, 1.82) is 5.26 Å². The van der Waals surface area contributed by atoms with Gasteiger partial charge in [-0.05, 0) is 60.0 Å². The van der Waals surface area contributed by atoms with Gasteiger partial charge in [0.1, 0.15) is 17.5 Å². The van der Waals surface area contributed by atoms with E-state index in [1.54, 1.807) is 31.4 Å². The largest absolute Gasteiger partial charge is 0.497 e. The van der Waals surface area contributed by atoms with Gasteiger partial charge in [-0.2, -0.15) is 5.26 Å². The molecule has 1 saturated heterocycles. The van der Waals surface area contributed by atoms with Crippen molar-refractivity contribution in [2.24, 2.45) is 0 Å². The minimum Gasteiger partial charge on any atom is -0.497 e. The minimum absolute atomic E-state index is 0.0416. The second-order valence-corrected chi connectivity index (χ2v) is 8.03. The molecular weight excluding hydrogens is 414 g/mol. The Morgan fingerprint density at radius 1 is 1.00 bits per heavy atom. The van der Waals surface area contributed by atoms with Crippen LogP contribution in [0.2, 0.25) is 0 Å². The Morgan fingerprint density at radius 3 is 2.45 bits per heavy atom. The average Bonchev–Trinajstić information content (AvgIpc) is 3.28. The van der Waals surface area contributed by atoms with E-state index in [-0.39, 0.29) is 11.9 Å². The molecule has 6 nitrogen and oxygen atoms in total. The standard InChI is InChI=1S/C27H23N3O3/c1-32-21-10-12-22(13-11-21)33-26-25(19-8-6-18(16-28)7-9-19)30(27(26)31)15-14-20-17-29-24-5-3-2-4-23(20)24/h2-13,17,25-26,29H,14-15H2,1H3/t25-,26+/m0/s1. The number of aromatic nitrogens is 1. The lowest BCUT2D eigenvalue weighted by Gasteiger charge is -2.47. The highest BCUT2D eigenvalue weighted by atomic mass is 16.5. The number of hydrogen-bond donors (Lipinski definition) is 1. The van der Waals surface area contributed by atoms with Crippen molar-refractivity contribution in [2.75, 3.05) is 13.7 Å². The zero-order valence-corrected chi connectivity index (χ0v) is 18.2. The first-order chi connectivity index (χ1) is 16.2. The molecule has 3 aromatic carbocycles. The van der Waals surface area contributed by atoms with Crippen LogP contribution in [0.5, 0.6) is 11.5 Å². The Morgan fingerprint density at radius 2 is 1.73 bits per heavy atom. The lowest BCUT2D eigenvalue weighted by atomic mass is 9.89. The summed E-state index contributed by atoms with van der Waals surface area (Å²) in [4.78, 5) is 18.3. The number of fused-ring (bicyclic) bond motifs is 1. The molecule has 0 unspecified atom stereocenters. The zero-order chi connectivity index (χ0) is 22.8. The van der Waals surface area contributed by atoms with E-state index < -0.39 is 6.10 Å². The summed E-state index contributed by atoms with van der Waals surface area (Å²) in [6.07, 6.45) is 2.13. The van der Waals surface area contributed by atoms with Crippen molar-refractivity contribution < 1.29 is 14.3 Å². The fraction of sp³-hybridized carbons (Fsp3) is 0.185. The third-order valence-corrected chi connectivity index (χ3v) is 6.15. The second-order valence-electron chi connectivity index (χ2n) is 8.03. The Balaban J connectivity index is 1.38. The van der Waals surface area contributed by atoms with Crippen LogP contribution in [0.4, 0.5) is 0 Å². The Kier molecular flexibility index (Phi) is 5.45. The van der Waals surface area contributed by atoms with Crippen molar-refractivity contribution in [3.05, 3.63) is 95.7 Å². The van der Waals surface area contributed by atoms with Crippen molar-refractivity contribution >= 4 is 16.8 Å². The number of nitrogens with zero attached hydrogens (tertiary/aromatic N) is 2. The number of aromatic amines is 1. The molecule has 1 amide bonds. The summed E-state index contributed by atoms with van der Waals surface area (Å²) >= 11 is 0. The lowest BCUT2D eigenvalue weighted by molar-refractivity contribution is -0.164. The summed E-state index contributed by atoms with van der Waals surface area (Å²) in [5.74, 6) is 1.30. The number of ether oxygens (including phenoxy) is 2. The monoisotopic (exact) mass is 437 g/mol. The van der Waals surface area contributed by atoms with Gasteiger partial charge in [-0.3, -0.25) is 4.79 Å². The Hall–Kier alpha value is -4.24. The third-order valence-electron chi connectivity index (χ3n) is 6.15. The summed E-state index contributed by atoms with van der Waals surface area (Å²) in [6, 6.07) is 24.7. The number of para-hydroxylation sites is 1. The van der Waals surface area contributed by atoms with Crippen LogP contribution in [0.15, 0.2) is 79.0 Å². The summed E-state index contributed by atoms with van der Waals surface area (Å²) in [6.45, 7) is 0.577. The van der Waals surface area contributed by atoms with Gasteiger partial charge in [-0.25, -0.2) is 0 Å². The van der Waals surface area contributed by atoms with Gasteiger partial charge in [0.15, 0.2) is 0 Å². The molecule has 2 heterocycles. The van der Waals surface area contributed by atoms with Gasteiger partial charge >= 0.3 is 0 Å². The highest BCUT2D eigenvalue weighted by Crippen LogP contribution is 2.38. The van der Waals surface area contributed by atoms with E-state index in [4.69, 9.17) is 14.7 Å². The maximum Gasteiger partial charge on any atom is 0.266 e. The molecule has 5 rings (SSSR count). The molecular formula is C27H23N3O3. The van der Waals surface area contributed by atoms with Crippen LogP contribution in [-0.4, -0.2) is 35.5 Å². The van der Waals surface area contributed by atoms with Crippen LogP contribution in [-0.2, 0) is 11.2 Å². The van der Waals surface area contributed by atoms with E-state index in [2.05, 4.69) is 17.1 Å². The van der Waals surface area contributed by atoms with E-state index >= 15 is 0 Å². The van der Waals surface area contributed by atoms with Gasteiger partial charge in [0.05, 0.1) is 18.7 Å². The molecule has 1 aliphatic rings. The molecule has 164 valence electrons. The SMILES string of the molecule is COc1ccc(O[C@H]2C(=O)N(CCc3c[nH]c4ccccc34)[C@H]2c2ccc(C#N)cc2)cc1. The fourth-order valence-corrected chi connectivity index (χ4v) is 4.37. The summed E-state index contributed by atoms with van der Waals surface area (Å²) in [5, 5.41) is 10.3. The normalized spacial score (nSPS) is 17.5. The van der Waals surface area contributed by atoms with Gasteiger partial charge in [-0.15, -0.1) is 0 Å². The van der Waals surface area contributed by atoms with Crippen molar-refractivity contribution in [3.8, 4) is 17.6 Å². The topological polar surface area (TPSA) is 78.3 Å². The number of carbonyl (C=O) groups excluding carboxylic acids is 1. The predicted molar refractivity (Wildman–Crippen MR) is 125 cm³/mol. The van der Waals surface area contributed by atoms with Crippen LogP contribution in [0.3, 0.4) is 0 Å². The molecule has 33 heavy (non-hydrogen) atoms. The summed E-state index contributed by atoms with van der Waals surface area (Å²) < 4.78 is 11.3. The van der Waals surface area contributed by atoms with Gasteiger partial charge in [0, 0.05) is 23.6 Å². The first kappa shape index (κ1) is 20.7. The number of nitriles is 1. The zero-order valence-electron chi connectivity index (χ0n) is 18.2. The Bertz CT molecular complexity index is 1320. The number of nitrogens with one attached hydrogen (secondary N) is 1. The number of rotatable bonds is 7. The lowest BCUT2D eigenvalue weighted by Crippen LogP contribution is -2.61. The van der Waals surface area contributed by atoms with Gasteiger partial charge in [-0.1, -0.05) is 30.3 Å². The van der Waals surface area contributed by atoms with Crippen LogP contribution >= 0.6 is 0 Å². The number of H-pyrrole nitrogens is 1. The van der Waals surface area contributed by atoms with Gasteiger partial charge in [0.25, 0.3) is 5.91 Å². The number of likely N-dealkylation sites (tertiary alicyclic amines) is 1. The number of carbonyl (C=O) groups is 1. The third kappa shape index (κ3) is 3.90. The molecule has 0 bridgehead atoms. The van der Waals surface area contributed by atoms with Gasteiger partial charge in [0.2, 0.25) is 6.10 Å². The van der Waals surface area contributed by atoms with Crippen molar-refractivity contribution in [2.45, 2.75) is 18.6 Å². The van der Waals surface area contributed by atoms with E-state index in [0.717, 1.165) is 23.3 Å². The van der Waals surface area contributed by atoms with E-state index in [1.807, 2.05) is 53.6 Å². The van der Waals surface area contributed by atoms with Crippen LogP contribution in [0.1, 0.15) is 22.7 Å². The fourth-order valence-electron chi connectivity index (χ4n) is 4.37. The van der Waals surface area contributed by atoms with E-state index in [0.29, 0.717) is 17.9 Å². The second kappa shape index (κ2) is 8.71. The molecule has 1 aliphatic heterocycles.